The number of nitrogens with one attached hydrogen (secondary N) is 3. The largest absolute Gasteiger partial charge is 0.450 e. The molecule has 4 bridgehead atoms. The van der Waals surface area contributed by atoms with E-state index in [4.69, 9.17) is 9.47 Å². The van der Waals surface area contributed by atoms with E-state index in [1.165, 1.54) is 23.6 Å². The molecule has 4 amide bonds. The van der Waals surface area contributed by atoms with Crippen molar-refractivity contribution in [2.24, 2.45) is 11.3 Å². The molecule has 280 valence electrons. The van der Waals surface area contributed by atoms with Crippen molar-refractivity contribution in [3.05, 3.63) is 72.3 Å². The molecule has 1 saturated heterocycles. The van der Waals surface area contributed by atoms with Crippen molar-refractivity contribution in [3.63, 3.8) is 0 Å². The van der Waals surface area contributed by atoms with Crippen LogP contribution in [0.5, 0.6) is 0 Å². The highest BCUT2D eigenvalue weighted by Crippen LogP contribution is 2.47. The molecule has 0 spiro atoms. The summed E-state index contributed by atoms with van der Waals surface area (Å²) in [6, 6.07) is 14.0. The van der Waals surface area contributed by atoms with Gasteiger partial charge in [-0.05, 0) is 72.6 Å². The van der Waals surface area contributed by atoms with E-state index >= 15 is 0 Å². The van der Waals surface area contributed by atoms with Gasteiger partial charge in [0.15, 0.2) is 0 Å². The highest BCUT2D eigenvalue weighted by Gasteiger charge is 2.62. The first kappa shape index (κ1) is 37.5. The number of rotatable bonds is 7. The summed E-state index contributed by atoms with van der Waals surface area (Å²) >= 11 is 0. The normalized spacial score (nSPS) is 28.3. The van der Waals surface area contributed by atoms with Crippen LogP contribution in [0, 0.1) is 11.3 Å². The van der Waals surface area contributed by atoms with Crippen LogP contribution in [0.1, 0.15) is 76.8 Å². The first-order valence-corrected chi connectivity index (χ1v) is 19.7. The fourth-order valence-corrected chi connectivity index (χ4v) is 8.90. The Bertz CT molecular complexity index is 1840. The molecule has 0 unspecified atom stereocenters. The van der Waals surface area contributed by atoms with Crippen LogP contribution >= 0.6 is 0 Å². The maximum Gasteiger partial charge on any atom is 0.407 e. The van der Waals surface area contributed by atoms with Crippen LogP contribution < -0.4 is 15.4 Å². The highest BCUT2D eigenvalue weighted by molar-refractivity contribution is 7.91. The molecular weight excluding hydrogens is 685 g/mol. The van der Waals surface area contributed by atoms with Gasteiger partial charge in [-0.3, -0.25) is 19.1 Å². The van der Waals surface area contributed by atoms with Crippen LogP contribution in [0.3, 0.4) is 0 Å². The van der Waals surface area contributed by atoms with Crippen molar-refractivity contribution in [1.29, 1.82) is 0 Å². The molecule has 52 heavy (non-hydrogen) atoms. The molecule has 3 aliphatic heterocycles. The molecule has 2 aromatic rings. The molecular formula is C39H50N4O8S. The highest BCUT2D eigenvalue weighted by atomic mass is 32.2. The Morgan fingerprint density at radius 3 is 2.38 bits per heavy atom. The second-order valence-electron chi connectivity index (χ2n) is 15.7. The molecule has 3 N–H and O–H groups in total. The minimum Gasteiger partial charge on any atom is -0.450 e. The fraction of sp³-hybridized carbons (Fsp3) is 0.538. The van der Waals surface area contributed by atoms with Crippen LogP contribution in [0.15, 0.2) is 61.2 Å². The van der Waals surface area contributed by atoms with Gasteiger partial charge >= 0.3 is 6.09 Å². The molecule has 5 aliphatic rings. The van der Waals surface area contributed by atoms with Crippen LogP contribution in [-0.4, -0.2) is 80.3 Å². The summed E-state index contributed by atoms with van der Waals surface area (Å²) in [7, 11) is -2.36. The number of fused-ring (bicyclic) bond motifs is 11. The summed E-state index contributed by atoms with van der Waals surface area (Å²) in [5, 5.41) is 4.98. The van der Waals surface area contributed by atoms with Gasteiger partial charge in [0.25, 0.3) is 5.91 Å². The summed E-state index contributed by atoms with van der Waals surface area (Å²) in [6.07, 6.45) is 5.20. The van der Waals surface area contributed by atoms with Crippen LogP contribution in [0.2, 0.25) is 0 Å². The van der Waals surface area contributed by atoms with Crippen molar-refractivity contribution in [2.45, 2.75) is 101 Å². The zero-order chi connectivity index (χ0) is 37.5. The van der Waals surface area contributed by atoms with E-state index in [2.05, 4.69) is 34.1 Å². The minimum atomic E-state index is -3.89. The summed E-state index contributed by atoms with van der Waals surface area (Å²) in [4.78, 5) is 57.1. The number of ether oxygens (including phenoxy) is 2. The van der Waals surface area contributed by atoms with E-state index in [0.717, 1.165) is 36.0 Å². The molecule has 12 nitrogen and oxygen atoms in total. The molecule has 3 heterocycles. The second-order valence-corrected chi connectivity index (χ2v) is 17.7. The number of methoxy groups -OCH3 is 1. The first-order chi connectivity index (χ1) is 24.6. The Morgan fingerprint density at radius 1 is 1.04 bits per heavy atom. The van der Waals surface area contributed by atoms with Crippen LogP contribution in [0.25, 0.3) is 11.1 Å². The molecule has 0 radical (unpaired) electrons. The number of amides is 4. The van der Waals surface area contributed by atoms with Crippen molar-refractivity contribution >= 4 is 33.8 Å². The van der Waals surface area contributed by atoms with Crippen LogP contribution in [0.4, 0.5) is 4.79 Å². The number of carbonyl (C=O) groups excluding carboxylic acids is 4. The number of hydrogen-bond donors (Lipinski definition) is 3. The van der Waals surface area contributed by atoms with E-state index in [-0.39, 0.29) is 26.0 Å². The van der Waals surface area contributed by atoms with Crippen molar-refractivity contribution in [1.82, 2.24) is 20.3 Å². The molecule has 5 atom stereocenters. The summed E-state index contributed by atoms with van der Waals surface area (Å²) in [6.45, 7) is 9.40. The third-order valence-corrected chi connectivity index (χ3v) is 12.8. The molecule has 0 aromatic heterocycles. The maximum atomic E-state index is 14.7. The van der Waals surface area contributed by atoms with E-state index in [9.17, 15) is 27.6 Å². The number of carbonyl (C=O) groups is 4. The number of benzene rings is 2. The van der Waals surface area contributed by atoms with Gasteiger partial charge < -0.3 is 25.0 Å². The lowest BCUT2D eigenvalue weighted by molar-refractivity contribution is -0.143. The average Bonchev–Trinajstić information content (AvgIpc) is 4.04. The van der Waals surface area contributed by atoms with Gasteiger partial charge in [-0.25, -0.2) is 13.2 Å². The van der Waals surface area contributed by atoms with Crippen molar-refractivity contribution < 1.29 is 37.1 Å². The van der Waals surface area contributed by atoms with Gasteiger partial charge in [-0.2, -0.15) is 0 Å². The van der Waals surface area contributed by atoms with Gasteiger partial charge in [-0.15, -0.1) is 6.58 Å². The Balaban J connectivity index is 1.37. The van der Waals surface area contributed by atoms with E-state index in [1.54, 1.807) is 0 Å². The molecule has 2 aliphatic carbocycles. The zero-order valence-electron chi connectivity index (χ0n) is 30.4. The van der Waals surface area contributed by atoms with Crippen LogP contribution in [-0.2, 0) is 45.9 Å². The topological polar surface area (TPSA) is 160 Å². The smallest absolute Gasteiger partial charge is 0.407 e. The molecule has 2 aromatic carbocycles. The third-order valence-electron chi connectivity index (χ3n) is 11.0. The van der Waals surface area contributed by atoms with Gasteiger partial charge in [-0.1, -0.05) is 75.4 Å². The Kier molecular flexibility index (Phi) is 10.3. The number of aryl methyl sites for hydroxylation is 1. The summed E-state index contributed by atoms with van der Waals surface area (Å²) in [5.74, 6) is -2.49. The van der Waals surface area contributed by atoms with Crippen molar-refractivity contribution in [3.8, 4) is 11.1 Å². The number of nitrogens with zero attached hydrogens (tertiary/aromatic N) is 1. The van der Waals surface area contributed by atoms with Crippen molar-refractivity contribution in [2.75, 3.05) is 20.3 Å². The first-order valence-electron chi connectivity index (χ1n) is 18.1. The summed E-state index contributed by atoms with van der Waals surface area (Å²) < 4.78 is 39.4. The standard InChI is InChI=1S/C39H50N4O8S/c1-6-27-22-39(27,35(46)42-52(48,49)29-19-20-29)41-33(44)31-23-38(50-5)24-43(31)34(45)32(37(2,3)4)40-36(47)51-21-11-7-8-12-25-13-9-10-14-30(25)26-15-17-28(38)18-16-26/h6,9-10,13-18,27,29,31-32H,1,7-8,11-12,19-24H2,2-5H3,(H,40,47)(H,41,44)(H,42,46)/t27-,31+,32-,38+,39-/m1/s1. The molecule has 13 heteroatoms. The second kappa shape index (κ2) is 14.3. The Hall–Kier alpha value is -4.23. The number of sulfonamides is 1. The van der Waals surface area contributed by atoms with E-state index < -0.39 is 73.6 Å². The van der Waals surface area contributed by atoms with Gasteiger partial charge in [0.05, 0.1) is 18.4 Å². The quantitative estimate of drug-likeness (QED) is 0.355. The van der Waals surface area contributed by atoms with Gasteiger partial charge in [0.2, 0.25) is 21.8 Å². The van der Waals surface area contributed by atoms with E-state index in [1.807, 2.05) is 57.2 Å². The Morgan fingerprint density at radius 2 is 1.75 bits per heavy atom. The van der Waals surface area contributed by atoms with Gasteiger partial charge in [0, 0.05) is 19.4 Å². The van der Waals surface area contributed by atoms with E-state index in [0.29, 0.717) is 19.3 Å². The minimum absolute atomic E-state index is 0.0280. The number of hydrogen-bond acceptors (Lipinski definition) is 8. The SMILES string of the molecule is C=C[C@@H]1C[C@]1(NC(=O)[C@@H]1C[C@]2(OC)CN1C(=O)[C@H](C(C)(C)C)NC(=O)OCCCCCc1ccccc1-c1ccc2cc1)C(=O)NS(=O)(=O)C1CC1. The molecule has 3 fully saturated rings. The summed E-state index contributed by atoms with van der Waals surface area (Å²) in [5.41, 5.74) is 0.623. The third kappa shape index (κ3) is 7.48. The monoisotopic (exact) mass is 734 g/mol. The Labute approximate surface area is 306 Å². The fourth-order valence-electron chi connectivity index (χ4n) is 7.54. The predicted octanol–water partition coefficient (Wildman–Crippen LogP) is 4.33. The maximum absolute atomic E-state index is 14.7. The lowest BCUT2D eigenvalue weighted by Crippen LogP contribution is -2.60. The average molecular weight is 735 g/mol. The van der Waals surface area contributed by atoms with Gasteiger partial charge in [0.1, 0.15) is 23.2 Å². The number of alkyl carbamates (subject to hydrolysis) is 1. The lowest BCUT2D eigenvalue weighted by Gasteiger charge is -2.35. The molecule has 7 rings (SSSR count). The predicted molar refractivity (Wildman–Crippen MR) is 195 cm³/mol. The molecule has 2 saturated carbocycles. The lowest BCUT2D eigenvalue weighted by atomic mass is 9.85. The zero-order valence-corrected chi connectivity index (χ0v) is 31.2.